The molecule has 0 saturated heterocycles. The highest BCUT2D eigenvalue weighted by molar-refractivity contribution is 7.90. The van der Waals surface area contributed by atoms with Crippen LogP contribution in [0.4, 0.5) is 0 Å². The number of hydrogen-bond acceptors (Lipinski definition) is 4. The van der Waals surface area contributed by atoms with Crippen LogP contribution in [0.5, 0.6) is 0 Å². The Hall–Kier alpha value is -2.01. The molecule has 1 heterocycles. The van der Waals surface area contributed by atoms with Crippen LogP contribution in [0.15, 0.2) is 47.5 Å². The van der Waals surface area contributed by atoms with E-state index in [2.05, 4.69) is 4.98 Å². The Morgan fingerprint density at radius 2 is 1.72 bits per heavy atom. The van der Waals surface area contributed by atoms with E-state index in [4.69, 9.17) is 0 Å². The minimum Gasteiger partial charge on any atom is -0.298 e. The summed E-state index contributed by atoms with van der Waals surface area (Å²) in [6, 6.07) is 11.6. The molecule has 0 bridgehead atoms. The van der Waals surface area contributed by atoms with Gasteiger partial charge in [-0.05, 0) is 12.1 Å². The molecule has 0 unspecified atom stereocenters. The number of hydrogen-bond donors (Lipinski definition) is 0. The summed E-state index contributed by atoms with van der Waals surface area (Å²) in [7, 11) is -3.31. The molecule has 0 radical (unpaired) electrons. The molecule has 92 valence electrons. The predicted octanol–water partition coefficient (Wildman–Crippen LogP) is 1.96. The van der Waals surface area contributed by atoms with Gasteiger partial charge in [-0.2, -0.15) is 0 Å². The second kappa shape index (κ2) is 4.70. The SMILES string of the molecule is CS(=O)(=O)c1cccc(-c2ccc(C=O)cc2)n1. The van der Waals surface area contributed by atoms with E-state index >= 15 is 0 Å². The van der Waals surface area contributed by atoms with Gasteiger partial charge in [0.15, 0.2) is 14.9 Å². The first-order valence-corrected chi connectivity index (χ1v) is 7.12. The molecule has 5 heteroatoms. The summed E-state index contributed by atoms with van der Waals surface area (Å²) >= 11 is 0. The minimum atomic E-state index is -3.31. The fourth-order valence-electron chi connectivity index (χ4n) is 1.51. The largest absolute Gasteiger partial charge is 0.298 e. The van der Waals surface area contributed by atoms with Crippen molar-refractivity contribution >= 4 is 16.1 Å². The molecule has 0 aliphatic rings. The second-order valence-electron chi connectivity index (χ2n) is 3.87. The van der Waals surface area contributed by atoms with E-state index in [9.17, 15) is 13.2 Å². The first-order chi connectivity index (χ1) is 8.50. The third kappa shape index (κ3) is 2.62. The van der Waals surface area contributed by atoms with Gasteiger partial charge in [-0.1, -0.05) is 30.3 Å². The number of aromatic nitrogens is 1. The lowest BCUT2D eigenvalue weighted by atomic mass is 10.1. The first kappa shape index (κ1) is 12.4. The maximum absolute atomic E-state index is 11.4. The van der Waals surface area contributed by atoms with E-state index < -0.39 is 9.84 Å². The summed E-state index contributed by atoms with van der Waals surface area (Å²) in [4.78, 5) is 14.6. The van der Waals surface area contributed by atoms with E-state index in [1.165, 1.54) is 6.07 Å². The van der Waals surface area contributed by atoms with Gasteiger partial charge in [0, 0.05) is 17.4 Å². The van der Waals surface area contributed by atoms with Crippen LogP contribution >= 0.6 is 0 Å². The summed E-state index contributed by atoms with van der Waals surface area (Å²) in [6.45, 7) is 0. The van der Waals surface area contributed by atoms with E-state index in [1.807, 2.05) is 0 Å². The zero-order valence-electron chi connectivity index (χ0n) is 9.70. The van der Waals surface area contributed by atoms with Crippen LogP contribution in [-0.4, -0.2) is 25.9 Å². The van der Waals surface area contributed by atoms with Crippen molar-refractivity contribution in [3.8, 4) is 11.3 Å². The van der Waals surface area contributed by atoms with E-state index in [0.717, 1.165) is 18.1 Å². The molecular weight excluding hydrogens is 250 g/mol. The average Bonchev–Trinajstić information content (AvgIpc) is 2.38. The molecule has 0 amide bonds. The van der Waals surface area contributed by atoms with Gasteiger partial charge in [-0.25, -0.2) is 13.4 Å². The van der Waals surface area contributed by atoms with Crippen LogP contribution in [0, 0.1) is 0 Å². The van der Waals surface area contributed by atoms with Gasteiger partial charge in [0.25, 0.3) is 0 Å². The van der Waals surface area contributed by atoms with Crippen molar-refractivity contribution in [2.24, 2.45) is 0 Å². The molecular formula is C13H11NO3S. The number of nitrogens with zero attached hydrogens (tertiary/aromatic N) is 1. The number of pyridine rings is 1. The third-order valence-electron chi connectivity index (χ3n) is 2.45. The van der Waals surface area contributed by atoms with Crippen LogP contribution in [0.3, 0.4) is 0 Å². The van der Waals surface area contributed by atoms with Crippen molar-refractivity contribution in [3.63, 3.8) is 0 Å². The van der Waals surface area contributed by atoms with E-state index in [0.29, 0.717) is 11.3 Å². The fraction of sp³-hybridized carbons (Fsp3) is 0.0769. The van der Waals surface area contributed by atoms with Crippen LogP contribution in [0.25, 0.3) is 11.3 Å². The smallest absolute Gasteiger partial charge is 0.192 e. The maximum atomic E-state index is 11.4. The molecule has 4 nitrogen and oxygen atoms in total. The molecule has 1 aromatic heterocycles. The molecule has 0 aliphatic heterocycles. The van der Waals surface area contributed by atoms with Crippen LogP contribution in [-0.2, 0) is 9.84 Å². The van der Waals surface area contributed by atoms with Crippen molar-refractivity contribution in [2.45, 2.75) is 5.03 Å². The number of aldehydes is 1. The normalized spacial score (nSPS) is 11.2. The Kier molecular flexibility index (Phi) is 3.25. The van der Waals surface area contributed by atoms with Gasteiger partial charge >= 0.3 is 0 Å². The number of rotatable bonds is 3. The molecule has 2 aromatic rings. The van der Waals surface area contributed by atoms with Gasteiger partial charge in [-0.3, -0.25) is 4.79 Å². The Bertz CT molecular complexity index is 676. The van der Waals surface area contributed by atoms with E-state index in [-0.39, 0.29) is 5.03 Å². The Labute approximate surface area is 105 Å². The molecule has 0 aliphatic carbocycles. The Morgan fingerprint density at radius 3 is 2.28 bits per heavy atom. The number of carbonyl (C=O) groups excluding carboxylic acids is 1. The summed E-state index contributed by atoms with van der Waals surface area (Å²) in [5, 5.41) is 0.0412. The summed E-state index contributed by atoms with van der Waals surface area (Å²) in [6.07, 6.45) is 1.87. The zero-order chi connectivity index (χ0) is 13.2. The summed E-state index contributed by atoms with van der Waals surface area (Å²) < 4.78 is 22.8. The van der Waals surface area contributed by atoms with Gasteiger partial charge in [-0.15, -0.1) is 0 Å². The fourth-order valence-corrected chi connectivity index (χ4v) is 2.10. The number of carbonyl (C=O) groups is 1. The van der Waals surface area contributed by atoms with E-state index in [1.54, 1.807) is 36.4 Å². The lowest BCUT2D eigenvalue weighted by Gasteiger charge is -2.03. The Morgan fingerprint density at radius 1 is 1.06 bits per heavy atom. The lowest BCUT2D eigenvalue weighted by molar-refractivity contribution is 0.112. The molecule has 0 spiro atoms. The van der Waals surface area contributed by atoms with Crippen LogP contribution in [0.2, 0.25) is 0 Å². The molecule has 0 atom stereocenters. The van der Waals surface area contributed by atoms with Gasteiger partial charge in [0.1, 0.15) is 6.29 Å². The van der Waals surface area contributed by atoms with Crippen LogP contribution < -0.4 is 0 Å². The maximum Gasteiger partial charge on any atom is 0.192 e. The highest BCUT2D eigenvalue weighted by atomic mass is 32.2. The van der Waals surface area contributed by atoms with Crippen molar-refractivity contribution in [3.05, 3.63) is 48.0 Å². The van der Waals surface area contributed by atoms with Crippen molar-refractivity contribution in [2.75, 3.05) is 6.26 Å². The van der Waals surface area contributed by atoms with Crippen molar-refractivity contribution in [1.82, 2.24) is 4.98 Å². The minimum absolute atomic E-state index is 0.0412. The molecule has 0 saturated carbocycles. The first-order valence-electron chi connectivity index (χ1n) is 5.23. The average molecular weight is 261 g/mol. The number of benzene rings is 1. The highest BCUT2D eigenvalue weighted by Gasteiger charge is 2.09. The molecule has 0 N–H and O–H groups in total. The standard InChI is InChI=1S/C13H11NO3S/c1-18(16,17)13-4-2-3-12(14-13)11-7-5-10(9-15)6-8-11/h2-9H,1H3. The summed E-state index contributed by atoms with van der Waals surface area (Å²) in [5.74, 6) is 0. The Balaban J connectivity index is 2.47. The molecule has 2 rings (SSSR count). The predicted molar refractivity (Wildman–Crippen MR) is 68.2 cm³/mol. The highest BCUT2D eigenvalue weighted by Crippen LogP contribution is 2.19. The topological polar surface area (TPSA) is 64.1 Å². The zero-order valence-corrected chi connectivity index (χ0v) is 10.5. The van der Waals surface area contributed by atoms with Crippen molar-refractivity contribution < 1.29 is 13.2 Å². The van der Waals surface area contributed by atoms with Crippen molar-refractivity contribution in [1.29, 1.82) is 0 Å². The molecule has 1 aromatic carbocycles. The quantitative estimate of drug-likeness (QED) is 0.792. The van der Waals surface area contributed by atoms with Gasteiger partial charge < -0.3 is 0 Å². The summed E-state index contributed by atoms with van der Waals surface area (Å²) in [5.41, 5.74) is 1.90. The van der Waals surface area contributed by atoms with Gasteiger partial charge in [0.2, 0.25) is 0 Å². The second-order valence-corrected chi connectivity index (χ2v) is 5.84. The lowest BCUT2D eigenvalue weighted by Crippen LogP contribution is -2.00. The number of sulfone groups is 1. The van der Waals surface area contributed by atoms with Crippen LogP contribution in [0.1, 0.15) is 10.4 Å². The molecule has 0 fully saturated rings. The monoisotopic (exact) mass is 261 g/mol. The molecule has 18 heavy (non-hydrogen) atoms. The third-order valence-corrected chi connectivity index (χ3v) is 3.43. The van der Waals surface area contributed by atoms with Gasteiger partial charge in [0.05, 0.1) is 5.69 Å².